The number of aryl methyl sites for hydroxylation is 1. The molecule has 1 aliphatic heterocycles. The molecule has 0 bridgehead atoms. The quantitative estimate of drug-likeness (QED) is 0.168. The Morgan fingerprint density at radius 1 is 1.21 bits per heavy atom. The average molecular weight is 556 g/mol. The van der Waals surface area contributed by atoms with E-state index < -0.39 is 72.1 Å². The fourth-order valence-electron chi connectivity index (χ4n) is 2.82. The van der Waals surface area contributed by atoms with E-state index >= 15 is 4.39 Å². The third kappa shape index (κ3) is 6.98. The van der Waals surface area contributed by atoms with Gasteiger partial charge in [0.2, 0.25) is 5.67 Å². The number of phosphoric acid groups is 3. The molecule has 1 saturated heterocycles. The maximum atomic E-state index is 15.7. The minimum absolute atomic E-state index is 0.177. The van der Waals surface area contributed by atoms with Crippen molar-refractivity contribution in [2.75, 3.05) is 13.3 Å². The van der Waals surface area contributed by atoms with Gasteiger partial charge in [0, 0.05) is 11.8 Å². The van der Waals surface area contributed by atoms with Crippen LogP contribution in [0.4, 0.5) is 8.78 Å². The Morgan fingerprint density at radius 2 is 1.82 bits per heavy atom. The summed E-state index contributed by atoms with van der Waals surface area (Å²) in [6.07, 6.45) is -6.48. The summed E-state index contributed by atoms with van der Waals surface area (Å²) in [6.45, 7) is -1.48. The second-order valence-corrected chi connectivity index (χ2v) is 10.9. The Bertz CT molecular complexity index is 1250. The minimum Gasteiger partial charge on any atom is -0.386 e. The van der Waals surface area contributed by atoms with Gasteiger partial charge in [-0.1, -0.05) is 11.8 Å². The molecule has 0 amide bonds. The predicted molar refractivity (Wildman–Crippen MR) is 103 cm³/mol. The number of nitrogens with zero attached hydrogens (tertiary/aromatic N) is 1. The molecule has 6 N–H and O–H groups in total. The van der Waals surface area contributed by atoms with Crippen molar-refractivity contribution in [3.05, 3.63) is 32.6 Å². The van der Waals surface area contributed by atoms with Crippen molar-refractivity contribution < 1.29 is 65.0 Å². The van der Waals surface area contributed by atoms with Crippen molar-refractivity contribution in [1.82, 2.24) is 9.55 Å². The zero-order valence-corrected chi connectivity index (χ0v) is 19.4. The van der Waals surface area contributed by atoms with Crippen LogP contribution in [-0.4, -0.2) is 65.4 Å². The summed E-state index contributed by atoms with van der Waals surface area (Å²) < 4.78 is 79.1. The Hall–Kier alpha value is -1.57. The Morgan fingerprint density at radius 3 is 2.35 bits per heavy atom. The lowest BCUT2D eigenvalue weighted by Gasteiger charge is -2.25. The number of alkyl halides is 2. The summed E-state index contributed by atoms with van der Waals surface area (Å²) in [6, 6.07) is 0.861. The van der Waals surface area contributed by atoms with E-state index in [9.17, 15) is 37.7 Å². The molecule has 34 heavy (non-hydrogen) atoms. The lowest BCUT2D eigenvalue weighted by Crippen LogP contribution is -2.46. The Kier molecular flexibility index (Phi) is 8.60. The van der Waals surface area contributed by atoms with Crippen LogP contribution in [0, 0.1) is 18.8 Å². The number of ether oxygens (including phenoxy) is 1. The van der Waals surface area contributed by atoms with Gasteiger partial charge in [-0.25, -0.2) is 27.3 Å². The fraction of sp³-hybridized carbons (Fsp3) is 0.538. The van der Waals surface area contributed by atoms with Crippen LogP contribution in [0.3, 0.4) is 0 Å². The van der Waals surface area contributed by atoms with E-state index in [2.05, 4.69) is 13.1 Å². The topological polar surface area (TPSA) is 244 Å². The molecule has 0 aliphatic carbocycles. The standard InChI is InChI=1S/C13H17F2N2O14P3/c1-7-5-9(18)16-12(20)17(7)11-13(15,3-2-4-14)10(19)8(29-11)6-28-33(24,25)31-34(26,27)30-32(21,22)23/h5,8,10-11,19H,4,6H2,1H3,(H,24,25)(H,26,27)(H,16,18,20)(H2,21,22,23)/t8-,10+,11-,13?/m1/s1. The van der Waals surface area contributed by atoms with E-state index in [1.54, 1.807) is 11.8 Å². The maximum absolute atomic E-state index is 15.7. The van der Waals surface area contributed by atoms with Gasteiger partial charge in [-0.15, -0.1) is 0 Å². The zero-order valence-electron chi connectivity index (χ0n) is 16.7. The number of nitrogens with one attached hydrogen (secondary N) is 1. The van der Waals surface area contributed by atoms with Gasteiger partial charge < -0.3 is 29.4 Å². The number of aromatic amines is 1. The SMILES string of the molecule is Cc1cc(=O)[nH]c(=O)n1[C@@H]1O[C@H](COP(=O)(O)OP(=O)(O)OP(=O)(O)O)[C@H](O)C1(F)C#CCF. The van der Waals surface area contributed by atoms with Gasteiger partial charge in [0.25, 0.3) is 5.56 Å². The first-order valence-electron chi connectivity index (χ1n) is 8.60. The Balaban J connectivity index is 2.32. The normalized spacial score (nSPS) is 28.5. The predicted octanol–water partition coefficient (Wildman–Crippen LogP) is -0.872. The van der Waals surface area contributed by atoms with Gasteiger partial charge in [-0.05, 0) is 6.92 Å². The summed E-state index contributed by atoms with van der Waals surface area (Å²) in [5.74, 6) is 3.45. The summed E-state index contributed by atoms with van der Waals surface area (Å²) in [7, 11) is -17.2. The first kappa shape index (κ1) is 28.7. The molecule has 3 unspecified atom stereocenters. The van der Waals surface area contributed by atoms with Crippen molar-refractivity contribution in [1.29, 1.82) is 0 Å². The van der Waals surface area contributed by atoms with E-state index in [4.69, 9.17) is 19.4 Å². The monoisotopic (exact) mass is 556 g/mol. The van der Waals surface area contributed by atoms with Gasteiger partial charge in [0.1, 0.15) is 18.9 Å². The zero-order chi connectivity index (χ0) is 26.1. The molecule has 16 nitrogen and oxygen atoms in total. The fourth-order valence-corrected chi connectivity index (χ4v) is 5.85. The van der Waals surface area contributed by atoms with Crippen molar-refractivity contribution >= 4 is 23.5 Å². The molecule has 1 aromatic rings. The molecule has 0 saturated carbocycles. The first-order chi connectivity index (χ1) is 15.4. The summed E-state index contributed by atoms with van der Waals surface area (Å²) >= 11 is 0. The average Bonchev–Trinajstić information content (AvgIpc) is 2.86. The molecule has 1 fully saturated rings. The second-order valence-electron chi connectivity index (χ2n) is 6.51. The number of hydrogen-bond acceptors (Lipinski definition) is 10. The van der Waals surface area contributed by atoms with Crippen molar-refractivity contribution in [3.8, 4) is 11.8 Å². The number of phosphoric ester groups is 1. The number of hydrogen-bond donors (Lipinski definition) is 6. The first-order valence-corrected chi connectivity index (χ1v) is 13.1. The van der Waals surface area contributed by atoms with Crippen LogP contribution in [-0.2, 0) is 31.6 Å². The molecule has 1 aromatic heterocycles. The van der Waals surface area contributed by atoms with Crippen molar-refractivity contribution in [2.45, 2.75) is 31.0 Å². The highest BCUT2D eigenvalue weighted by Crippen LogP contribution is 2.66. The van der Waals surface area contributed by atoms with E-state index in [0.717, 1.165) is 6.07 Å². The number of aromatic nitrogens is 2. The highest BCUT2D eigenvalue weighted by molar-refractivity contribution is 7.66. The molecule has 2 rings (SSSR count). The molecule has 21 heteroatoms. The van der Waals surface area contributed by atoms with Crippen LogP contribution in [0.15, 0.2) is 15.7 Å². The third-order valence-corrected chi connectivity index (χ3v) is 7.82. The molecule has 2 heterocycles. The summed E-state index contributed by atoms with van der Waals surface area (Å²) in [5.41, 5.74) is -5.48. The van der Waals surface area contributed by atoms with Crippen LogP contribution in [0.1, 0.15) is 11.9 Å². The van der Waals surface area contributed by atoms with Gasteiger partial charge in [-0.2, -0.15) is 8.62 Å². The smallest absolute Gasteiger partial charge is 0.386 e. The molecule has 0 aromatic carbocycles. The van der Waals surface area contributed by atoms with E-state index in [0.29, 0.717) is 4.57 Å². The third-order valence-electron chi connectivity index (χ3n) is 4.01. The van der Waals surface area contributed by atoms with Gasteiger partial charge in [0.05, 0.1) is 6.61 Å². The van der Waals surface area contributed by atoms with Crippen molar-refractivity contribution in [3.63, 3.8) is 0 Å². The largest absolute Gasteiger partial charge is 0.490 e. The molecule has 6 atom stereocenters. The van der Waals surface area contributed by atoms with Crippen LogP contribution < -0.4 is 11.2 Å². The van der Waals surface area contributed by atoms with Crippen LogP contribution in [0.2, 0.25) is 0 Å². The highest BCUT2D eigenvalue weighted by atomic mass is 31.3. The Labute approximate surface area is 187 Å². The molecule has 0 radical (unpaired) electrons. The molecule has 1 aliphatic rings. The van der Waals surface area contributed by atoms with Crippen LogP contribution in [0.5, 0.6) is 0 Å². The number of aliphatic hydroxyl groups is 1. The number of halogens is 2. The van der Waals surface area contributed by atoms with Crippen LogP contribution in [0.25, 0.3) is 0 Å². The summed E-state index contributed by atoms with van der Waals surface area (Å²) in [4.78, 5) is 61.1. The number of aliphatic hydroxyl groups excluding tert-OH is 1. The molecule has 0 spiro atoms. The minimum atomic E-state index is -5.85. The lowest BCUT2D eigenvalue weighted by atomic mass is 9.96. The van der Waals surface area contributed by atoms with E-state index in [1.165, 1.54) is 6.92 Å². The van der Waals surface area contributed by atoms with Gasteiger partial charge in [0.15, 0.2) is 6.23 Å². The van der Waals surface area contributed by atoms with Gasteiger partial charge in [-0.3, -0.25) is 18.9 Å². The second kappa shape index (κ2) is 10.2. The maximum Gasteiger partial charge on any atom is 0.490 e. The number of rotatable bonds is 8. The van der Waals surface area contributed by atoms with E-state index in [1.807, 2.05) is 4.98 Å². The summed E-state index contributed by atoms with van der Waals surface area (Å²) in [5, 5.41) is 10.3. The van der Waals surface area contributed by atoms with E-state index in [-0.39, 0.29) is 5.69 Å². The molecule has 192 valence electrons. The lowest BCUT2D eigenvalue weighted by molar-refractivity contribution is -0.0544. The number of H-pyrrole nitrogens is 1. The van der Waals surface area contributed by atoms with Crippen molar-refractivity contribution in [2.24, 2.45) is 0 Å². The van der Waals surface area contributed by atoms with Gasteiger partial charge >= 0.3 is 29.2 Å². The molecular formula is C13H17F2N2O14P3. The van der Waals surface area contributed by atoms with Crippen LogP contribution >= 0.6 is 23.5 Å². The highest BCUT2D eigenvalue weighted by Gasteiger charge is 2.59. The molecular weight excluding hydrogens is 539 g/mol.